The van der Waals surface area contributed by atoms with E-state index in [4.69, 9.17) is 4.84 Å². The molecule has 6 heteroatoms. The van der Waals surface area contributed by atoms with Crippen LogP contribution < -0.4 is 0 Å². The van der Waals surface area contributed by atoms with Crippen LogP contribution in [0.1, 0.15) is 6.42 Å². The third-order valence-corrected chi connectivity index (χ3v) is 1.73. The molecule has 1 rings (SSSR count). The molecule has 1 saturated heterocycles. The standard InChI is InChI=1S/C7H11NO5/c1-11-6(9)5-3-4-13-8(5)7(10)12-2/h5H,3-4H2,1-2H3. The highest BCUT2D eigenvalue weighted by Crippen LogP contribution is 2.16. The van der Waals surface area contributed by atoms with Crippen molar-refractivity contribution in [3.05, 3.63) is 0 Å². The number of methoxy groups -OCH3 is 2. The van der Waals surface area contributed by atoms with Crippen LogP contribution in [0, 0.1) is 0 Å². The molecule has 0 aromatic rings. The van der Waals surface area contributed by atoms with Gasteiger partial charge in [-0.25, -0.2) is 9.59 Å². The van der Waals surface area contributed by atoms with Crippen molar-refractivity contribution in [2.45, 2.75) is 12.5 Å². The van der Waals surface area contributed by atoms with Gasteiger partial charge in [0.2, 0.25) is 0 Å². The van der Waals surface area contributed by atoms with Crippen molar-refractivity contribution in [1.82, 2.24) is 5.06 Å². The molecule has 1 amide bonds. The minimum Gasteiger partial charge on any atom is -0.467 e. The van der Waals surface area contributed by atoms with Gasteiger partial charge in [0, 0.05) is 6.42 Å². The lowest BCUT2D eigenvalue weighted by molar-refractivity contribution is -0.159. The fraction of sp³-hybridized carbons (Fsp3) is 0.714. The molecule has 0 aliphatic carbocycles. The molecule has 1 heterocycles. The lowest BCUT2D eigenvalue weighted by atomic mass is 10.2. The van der Waals surface area contributed by atoms with Gasteiger partial charge in [0.25, 0.3) is 0 Å². The molecule has 0 bridgehead atoms. The van der Waals surface area contributed by atoms with Crippen molar-refractivity contribution in [2.24, 2.45) is 0 Å². The fourth-order valence-electron chi connectivity index (χ4n) is 1.09. The molecule has 6 nitrogen and oxygen atoms in total. The van der Waals surface area contributed by atoms with Crippen molar-refractivity contribution in [1.29, 1.82) is 0 Å². The van der Waals surface area contributed by atoms with E-state index in [1.165, 1.54) is 14.2 Å². The minimum absolute atomic E-state index is 0.314. The zero-order chi connectivity index (χ0) is 9.84. The van der Waals surface area contributed by atoms with E-state index in [-0.39, 0.29) is 0 Å². The number of hydrogen-bond acceptors (Lipinski definition) is 5. The SMILES string of the molecule is COC(=O)C1CCON1C(=O)OC. The second-order valence-corrected chi connectivity index (χ2v) is 2.46. The smallest absolute Gasteiger partial charge is 0.434 e. The summed E-state index contributed by atoms with van der Waals surface area (Å²) in [6.45, 7) is 0.314. The maximum absolute atomic E-state index is 11.1. The van der Waals surface area contributed by atoms with E-state index in [2.05, 4.69) is 9.47 Å². The molecule has 0 aromatic carbocycles. The Bertz CT molecular complexity index is 195. The second kappa shape index (κ2) is 4.08. The summed E-state index contributed by atoms with van der Waals surface area (Å²) in [6, 6.07) is -0.683. The third-order valence-electron chi connectivity index (χ3n) is 1.73. The van der Waals surface area contributed by atoms with E-state index >= 15 is 0 Å². The topological polar surface area (TPSA) is 65.1 Å². The number of esters is 1. The lowest BCUT2D eigenvalue weighted by Gasteiger charge is -2.18. The summed E-state index contributed by atoms with van der Waals surface area (Å²) in [5.41, 5.74) is 0. The van der Waals surface area contributed by atoms with Crippen LogP contribution >= 0.6 is 0 Å². The number of carbonyl (C=O) groups is 2. The van der Waals surface area contributed by atoms with Crippen LogP contribution in [-0.2, 0) is 19.1 Å². The first-order chi connectivity index (χ1) is 6.20. The number of hydroxylamine groups is 2. The number of hydrogen-bond donors (Lipinski definition) is 0. The fourth-order valence-corrected chi connectivity index (χ4v) is 1.09. The molecule has 0 saturated carbocycles. The quantitative estimate of drug-likeness (QED) is 0.540. The van der Waals surface area contributed by atoms with Gasteiger partial charge in [-0.15, -0.1) is 0 Å². The normalized spacial score (nSPS) is 21.4. The Labute approximate surface area is 75.3 Å². The van der Waals surface area contributed by atoms with Crippen LogP contribution in [0.5, 0.6) is 0 Å². The Hall–Kier alpha value is -1.30. The predicted octanol–water partition coefficient (Wildman–Crippen LogP) is -0.0683. The maximum atomic E-state index is 11.1. The van der Waals surface area contributed by atoms with Crippen molar-refractivity contribution in [3.63, 3.8) is 0 Å². The van der Waals surface area contributed by atoms with Crippen LogP contribution in [0.2, 0.25) is 0 Å². The molecule has 1 fully saturated rings. The van der Waals surface area contributed by atoms with E-state index in [1.807, 2.05) is 0 Å². The lowest BCUT2D eigenvalue weighted by Crippen LogP contribution is -2.40. The second-order valence-electron chi connectivity index (χ2n) is 2.46. The van der Waals surface area contributed by atoms with E-state index in [1.54, 1.807) is 0 Å². The van der Waals surface area contributed by atoms with Gasteiger partial charge in [0.15, 0.2) is 6.04 Å². The van der Waals surface area contributed by atoms with Gasteiger partial charge in [-0.3, -0.25) is 4.84 Å². The Morgan fingerprint density at radius 2 is 2.08 bits per heavy atom. The molecular formula is C7H11NO5. The maximum Gasteiger partial charge on any atom is 0.434 e. The zero-order valence-electron chi connectivity index (χ0n) is 7.48. The van der Waals surface area contributed by atoms with E-state index < -0.39 is 18.1 Å². The highest BCUT2D eigenvalue weighted by molar-refractivity contribution is 5.81. The number of carbonyl (C=O) groups excluding carboxylic acids is 2. The third kappa shape index (κ3) is 1.89. The zero-order valence-corrected chi connectivity index (χ0v) is 7.48. The van der Waals surface area contributed by atoms with Crippen LogP contribution in [0.25, 0.3) is 0 Å². The molecule has 0 aromatic heterocycles. The van der Waals surface area contributed by atoms with Gasteiger partial charge in [0.05, 0.1) is 20.8 Å². The van der Waals surface area contributed by atoms with Crippen LogP contribution in [0.15, 0.2) is 0 Å². The van der Waals surface area contributed by atoms with Crippen molar-refractivity contribution in [3.8, 4) is 0 Å². The largest absolute Gasteiger partial charge is 0.467 e. The van der Waals surface area contributed by atoms with E-state index in [0.29, 0.717) is 13.0 Å². The first-order valence-electron chi connectivity index (χ1n) is 3.78. The van der Waals surface area contributed by atoms with Crippen molar-refractivity contribution < 1.29 is 23.9 Å². The van der Waals surface area contributed by atoms with Crippen LogP contribution in [-0.4, -0.2) is 44.0 Å². The summed E-state index contributed by atoms with van der Waals surface area (Å²) in [5.74, 6) is -0.497. The number of ether oxygens (including phenoxy) is 2. The Morgan fingerprint density at radius 3 is 2.62 bits per heavy atom. The van der Waals surface area contributed by atoms with Crippen LogP contribution in [0.4, 0.5) is 4.79 Å². The molecular weight excluding hydrogens is 178 g/mol. The van der Waals surface area contributed by atoms with Crippen LogP contribution in [0.3, 0.4) is 0 Å². The first-order valence-corrected chi connectivity index (χ1v) is 3.78. The summed E-state index contributed by atoms with van der Waals surface area (Å²) >= 11 is 0. The van der Waals surface area contributed by atoms with Gasteiger partial charge in [0.1, 0.15) is 0 Å². The average molecular weight is 189 g/mol. The Kier molecular flexibility index (Phi) is 3.07. The van der Waals surface area contributed by atoms with Gasteiger partial charge < -0.3 is 9.47 Å². The highest BCUT2D eigenvalue weighted by Gasteiger charge is 2.37. The van der Waals surface area contributed by atoms with Crippen molar-refractivity contribution >= 4 is 12.1 Å². The summed E-state index contributed by atoms with van der Waals surface area (Å²) < 4.78 is 8.90. The van der Waals surface area contributed by atoms with Gasteiger partial charge in [-0.1, -0.05) is 0 Å². The minimum atomic E-state index is -0.687. The molecule has 1 atom stereocenters. The molecule has 74 valence electrons. The number of amides is 1. The van der Waals surface area contributed by atoms with Gasteiger partial charge in [-0.05, 0) is 0 Å². The highest BCUT2D eigenvalue weighted by atomic mass is 16.7. The molecule has 0 radical (unpaired) electrons. The summed E-state index contributed by atoms with van der Waals surface area (Å²) in [4.78, 5) is 27.0. The molecule has 1 unspecified atom stereocenters. The Balaban J connectivity index is 2.63. The summed E-state index contributed by atoms with van der Waals surface area (Å²) in [6.07, 6.45) is -0.255. The number of rotatable bonds is 1. The molecule has 1 aliphatic heterocycles. The molecule has 1 aliphatic rings. The summed E-state index contributed by atoms with van der Waals surface area (Å²) in [7, 11) is 2.48. The van der Waals surface area contributed by atoms with Gasteiger partial charge in [-0.2, -0.15) is 5.06 Å². The van der Waals surface area contributed by atoms with Gasteiger partial charge >= 0.3 is 12.1 Å². The molecule has 0 spiro atoms. The average Bonchev–Trinajstić information content (AvgIpc) is 2.63. The predicted molar refractivity (Wildman–Crippen MR) is 40.6 cm³/mol. The Morgan fingerprint density at radius 1 is 1.38 bits per heavy atom. The molecule has 13 heavy (non-hydrogen) atoms. The van der Waals surface area contributed by atoms with Crippen molar-refractivity contribution in [2.75, 3.05) is 20.8 Å². The first kappa shape index (κ1) is 9.79. The molecule has 0 N–H and O–H groups in total. The monoisotopic (exact) mass is 189 g/mol. The summed E-state index contributed by atoms with van der Waals surface area (Å²) in [5, 5.41) is 0.895. The van der Waals surface area contributed by atoms with E-state index in [0.717, 1.165) is 5.06 Å². The number of nitrogens with zero attached hydrogens (tertiary/aromatic N) is 1. The van der Waals surface area contributed by atoms with E-state index in [9.17, 15) is 9.59 Å².